The Morgan fingerprint density at radius 1 is 1.03 bits per heavy atom. The van der Waals surface area contributed by atoms with Crippen molar-refractivity contribution in [1.82, 2.24) is 15.5 Å². The molecule has 4 rings (SSSR count). The standard InChI is InChI=1S/C24H34N4O3.HI/c1-2-6-21(19-28-11-15-29-16-12-28)20(5-1)17-26-24(27-18-23-8-4-14-31-23)25-10-9-22-7-3-13-30-22;/h1-3,5-7,13,23H,4,8-12,14-19H2,(H2,25,26,27);1H. The number of hydrogen-bond acceptors (Lipinski definition) is 5. The molecule has 176 valence electrons. The molecule has 0 aliphatic carbocycles. The van der Waals surface area contributed by atoms with Gasteiger partial charge in [0.25, 0.3) is 0 Å². The largest absolute Gasteiger partial charge is 0.469 e. The highest BCUT2D eigenvalue weighted by Crippen LogP contribution is 2.14. The van der Waals surface area contributed by atoms with Gasteiger partial charge in [-0.2, -0.15) is 0 Å². The lowest BCUT2D eigenvalue weighted by Gasteiger charge is -2.27. The molecule has 2 saturated heterocycles. The van der Waals surface area contributed by atoms with Crippen molar-refractivity contribution in [2.75, 3.05) is 46.0 Å². The van der Waals surface area contributed by atoms with Crippen LogP contribution in [0, 0.1) is 0 Å². The van der Waals surface area contributed by atoms with Gasteiger partial charge in [-0.15, -0.1) is 24.0 Å². The van der Waals surface area contributed by atoms with Gasteiger partial charge in [-0.1, -0.05) is 24.3 Å². The number of benzene rings is 1. The summed E-state index contributed by atoms with van der Waals surface area (Å²) >= 11 is 0. The van der Waals surface area contributed by atoms with Crippen molar-refractivity contribution in [2.45, 2.75) is 38.5 Å². The summed E-state index contributed by atoms with van der Waals surface area (Å²) in [6.45, 7) is 7.60. The molecular weight excluding hydrogens is 519 g/mol. The second kappa shape index (κ2) is 13.8. The summed E-state index contributed by atoms with van der Waals surface area (Å²) in [7, 11) is 0. The molecule has 0 radical (unpaired) electrons. The lowest BCUT2D eigenvalue weighted by Crippen LogP contribution is -2.42. The number of rotatable bonds is 9. The first-order chi connectivity index (χ1) is 15.4. The van der Waals surface area contributed by atoms with Gasteiger partial charge >= 0.3 is 0 Å². The monoisotopic (exact) mass is 554 g/mol. The highest BCUT2D eigenvalue weighted by molar-refractivity contribution is 14.0. The van der Waals surface area contributed by atoms with E-state index in [-0.39, 0.29) is 30.1 Å². The normalized spacial score (nSPS) is 19.5. The Morgan fingerprint density at radius 2 is 1.88 bits per heavy atom. The molecule has 7 nitrogen and oxygen atoms in total. The molecule has 1 atom stereocenters. The molecule has 0 spiro atoms. The van der Waals surface area contributed by atoms with Crippen molar-refractivity contribution >= 4 is 29.9 Å². The first-order valence-corrected chi connectivity index (χ1v) is 11.4. The summed E-state index contributed by atoms with van der Waals surface area (Å²) in [5.41, 5.74) is 2.60. The molecule has 1 unspecified atom stereocenters. The quantitative estimate of drug-likeness (QED) is 0.282. The Bertz CT molecular complexity index is 803. The number of hydrogen-bond donors (Lipinski definition) is 2. The zero-order chi connectivity index (χ0) is 21.1. The van der Waals surface area contributed by atoms with E-state index in [9.17, 15) is 0 Å². The van der Waals surface area contributed by atoms with Gasteiger partial charge in [-0.3, -0.25) is 4.90 Å². The van der Waals surface area contributed by atoms with Crippen LogP contribution < -0.4 is 10.6 Å². The van der Waals surface area contributed by atoms with Crippen LogP contribution in [0.2, 0.25) is 0 Å². The Kier molecular flexibility index (Phi) is 10.8. The van der Waals surface area contributed by atoms with Crippen molar-refractivity contribution < 1.29 is 13.9 Å². The molecule has 2 aromatic rings. The molecule has 32 heavy (non-hydrogen) atoms. The van der Waals surface area contributed by atoms with Crippen LogP contribution in [0.4, 0.5) is 0 Å². The lowest BCUT2D eigenvalue weighted by atomic mass is 10.1. The number of guanidine groups is 1. The topological polar surface area (TPSA) is 71.3 Å². The van der Waals surface area contributed by atoms with Crippen molar-refractivity contribution in [3.8, 4) is 0 Å². The van der Waals surface area contributed by atoms with Crippen LogP contribution >= 0.6 is 24.0 Å². The van der Waals surface area contributed by atoms with E-state index in [0.717, 1.165) is 83.5 Å². The van der Waals surface area contributed by atoms with E-state index >= 15 is 0 Å². The summed E-state index contributed by atoms with van der Waals surface area (Å²) in [5, 5.41) is 6.92. The fourth-order valence-electron chi connectivity index (χ4n) is 3.98. The number of nitrogens with zero attached hydrogens (tertiary/aromatic N) is 2. The van der Waals surface area contributed by atoms with Crippen LogP contribution in [-0.4, -0.2) is 63.0 Å². The van der Waals surface area contributed by atoms with E-state index in [2.05, 4.69) is 39.8 Å². The highest BCUT2D eigenvalue weighted by atomic mass is 127. The van der Waals surface area contributed by atoms with E-state index in [1.165, 1.54) is 11.1 Å². The van der Waals surface area contributed by atoms with Crippen LogP contribution in [-0.2, 0) is 29.0 Å². The predicted molar refractivity (Wildman–Crippen MR) is 136 cm³/mol. The average Bonchev–Trinajstić information content (AvgIpc) is 3.51. The van der Waals surface area contributed by atoms with Crippen LogP contribution in [0.5, 0.6) is 0 Å². The molecule has 1 aromatic carbocycles. The van der Waals surface area contributed by atoms with Gasteiger partial charge in [0.1, 0.15) is 5.76 Å². The van der Waals surface area contributed by atoms with Crippen molar-refractivity contribution in [1.29, 1.82) is 0 Å². The van der Waals surface area contributed by atoms with Crippen LogP contribution in [0.15, 0.2) is 52.1 Å². The summed E-state index contributed by atoms with van der Waals surface area (Å²) in [4.78, 5) is 7.34. The average molecular weight is 554 g/mol. The summed E-state index contributed by atoms with van der Waals surface area (Å²) < 4.78 is 16.7. The molecule has 2 aliphatic rings. The number of morpholine rings is 1. The Balaban J connectivity index is 0.00000289. The Hall–Kier alpha value is -1.62. The Labute approximate surface area is 208 Å². The van der Waals surface area contributed by atoms with Gasteiger partial charge in [-0.05, 0) is 36.1 Å². The second-order valence-corrected chi connectivity index (χ2v) is 8.09. The zero-order valence-corrected chi connectivity index (χ0v) is 21.0. The molecule has 3 heterocycles. The minimum Gasteiger partial charge on any atom is -0.469 e. The van der Waals surface area contributed by atoms with Crippen LogP contribution in [0.25, 0.3) is 0 Å². The van der Waals surface area contributed by atoms with Gasteiger partial charge in [0.15, 0.2) is 5.96 Å². The molecule has 2 N–H and O–H groups in total. The minimum absolute atomic E-state index is 0. The van der Waals surface area contributed by atoms with Gasteiger partial charge in [0.05, 0.1) is 32.1 Å². The van der Waals surface area contributed by atoms with E-state index in [0.29, 0.717) is 6.54 Å². The van der Waals surface area contributed by atoms with Gasteiger partial charge in [-0.25, -0.2) is 4.99 Å². The summed E-state index contributed by atoms with van der Waals surface area (Å²) in [6, 6.07) is 12.5. The van der Waals surface area contributed by atoms with E-state index < -0.39 is 0 Å². The maximum Gasteiger partial charge on any atom is 0.191 e. The van der Waals surface area contributed by atoms with Gasteiger partial charge in [0.2, 0.25) is 0 Å². The molecular formula is C24H35IN4O3. The SMILES string of the molecule is I.c1coc(CCNC(=NCc2ccccc2CN2CCOCC2)NCC2CCCO2)c1. The third-order valence-electron chi connectivity index (χ3n) is 5.79. The van der Waals surface area contributed by atoms with E-state index in [1.807, 2.05) is 12.1 Å². The lowest BCUT2D eigenvalue weighted by molar-refractivity contribution is 0.0341. The smallest absolute Gasteiger partial charge is 0.191 e. The highest BCUT2D eigenvalue weighted by Gasteiger charge is 2.16. The molecule has 1 aromatic heterocycles. The third-order valence-corrected chi connectivity index (χ3v) is 5.79. The predicted octanol–water partition coefficient (Wildman–Crippen LogP) is 3.19. The number of nitrogens with one attached hydrogen (secondary N) is 2. The van der Waals surface area contributed by atoms with Gasteiger partial charge in [0, 0.05) is 45.8 Å². The number of halogens is 1. The first kappa shape index (κ1) is 25.0. The second-order valence-electron chi connectivity index (χ2n) is 8.09. The Morgan fingerprint density at radius 3 is 2.62 bits per heavy atom. The number of ether oxygens (including phenoxy) is 2. The molecule has 0 saturated carbocycles. The molecule has 0 amide bonds. The van der Waals surface area contributed by atoms with E-state index in [1.54, 1.807) is 6.26 Å². The van der Waals surface area contributed by atoms with Gasteiger partial charge < -0.3 is 24.5 Å². The van der Waals surface area contributed by atoms with Crippen LogP contribution in [0.1, 0.15) is 29.7 Å². The van der Waals surface area contributed by atoms with Crippen molar-refractivity contribution in [3.63, 3.8) is 0 Å². The maximum absolute atomic E-state index is 5.76. The molecule has 2 fully saturated rings. The molecule has 0 bridgehead atoms. The third kappa shape index (κ3) is 8.06. The van der Waals surface area contributed by atoms with Crippen molar-refractivity contribution in [2.24, 2.45) is 4.99 Å². The molecule has 2 aliphatic heterocycles. The summed E-state index contributed by atoms with van der Waals surface area (Å²) in [6.07, 6.45) is 5.05. The molecule has 8 heteroatoms. The summed E-state index contributed by atoms with van der Waals surface area (Å²) in [5.74, 6) is 1.80. The fourth-order valence-corrected chi connectivity index (χ4v) is 3.98. The number of aliphatic imine (C=N–C) groups is 1. The fraction of sp³-hybridized carbons (Fsp3) is 0.542. The van der Waals surface area contributed by atoms with Crippen LogP contribution in [0.3, 0.4) is 0 Å². The van der Waals surface area contributed by atoms with Crippen molar-refractivity contribution in [3.05, 3.63) is 59.5 Å². The maximum atomic E-state index is 5.76. The van der Waals surface area contributed by atoms with E-state index in [4.69, 9.17) is 18.9 Å². The zero-order valence-electron chi connectivity index (χ0n) is 18.6. The first-order valence-electron chi connectivity index (χ1n) is 11.4. The number of furan rings is 1. The minimum atomic E-state index is 0.